The van der Waals surface area contributed by atoms with Gasteiger partial charge in [0.1, 0.15) is 0 Å². The van der Waals surface area contributed by atoms with Crippen molar-refractivity contribution in [3.8, 4) is 0 Å². The van der Waals surface area contributed by atoms with Gasteiger partial charge < -0.3 is 10.6 Å². The van der Waals surface area contributed by atoms with Gasteiger partial charge in [-0.1, -0.05) is 25.3 Å². The topological polar surface area (TPSA) is 41.1 Å². The largest absolute Gasteiger partial charge is 0.385 e. The van der Waals surface area contributed by atoms with E-state index in [1.54, 1.807) is 0 Å². The number of benzene rings is 1. The molecule has 3 heteroatoms. The molecule has 1 fully saturated rings. The summed E-state index contributed by atoms with van der Waals surface area (Å²) in [4.78, 5) is 12.4. The molecule has 1 aliphatic carbocycles. The van der Waals surface area contributed by atoms with Crippen LogP contribution in [0.15, 0.2) is 18.2 Å². The Hall–Kier alpha value is -1.51. The quantitative estimate of drug-likeness (QED) is 0.870. The van der Waals surface area contributed by atoms with E-state index in [9.17, 15) is 4.79 Å². The minimum Gasteiger partial charge on any atom is -0.385 e. The highest BCUT2D eigenvalue weighted by atomic mass is 16.1. The van der Waals surface area contributed by atoms with Gasteiger partial charge in [-0.2, -0.15) is 0 Å². The Labute approximate surface area is 115 Å². The van der Waals surface area contributed by atoms with Gasteiger partial charge in [-0.3, -0.25) is 4.79 Å². The summed E-state index contributed by atoms with van der Waals surface area (Å²) in [5.41, 5.74) is 2.87. The highest BCUT2D eigenvalue weighted by Gasteiger charge is 2.18. The maximum atomic E-state index is 12.4. The third-order valence-corrected chi connectivity index (χ3v) is 3.73. The Morgan fingerprint density at radius 3 is 2.68 bits per heavy atom. The van der Waals surface area contributed by atoms with Crippen LogP contribution < -0.4 is 10.6 Å². The van der Waals surface area contributed by atoms with E-state index in [1.165, 1.54) is 24.8 Å². The number of carbonyl (C=O) groups excluding carboxylic acids is 1. The van der Waals surface area contributed by atoms with Gasteiger partial charge in [0, 0.05) is 18.3 Å². The normalized spacial score (nSPS) is 16.1. The van der Waals surface area contributed by atoms with E-state index in [2.05, 4.69) is 10.6 Å². The maximum absolute atomic E-state index is 12.4. The first-order valence-electron chi connectivity index (χ1n) is 7.36. The molecule has 0 heterocycles. The smallest absolute Gasteiger partial charge is 0.253 e. The molecule has 1 aliphatic rings. The van der Waals surface area contributed by atoms with Gasteiger partial charge in [0.05, 0.1) is 5.56 Å². The molecular formula is C16H24N2O. The van der Waals surface area contributed by atoms with Gasteiger partial charge in [-0.05, 0) is 44.4 Å². The summed E-state index contributed by atoms with van der Waals surface area (Å²) < 4.78 is 0. The number of hydrogen-bond acceptors (Lipinski definition) is 2. The standard InChI is InChI=1S/C16H24N2O/c1-3-17-15-11-12(2)9-10-14(15)16(19)18-13-7-5-4-6-8-13/h9-11,13,17H,3-8H2,1-2H3,(H,18,19). The van der Waals surface area contributed by atoms with Crippen LogP contribution in [0.1, 0.15) is 54.9 Å². The maximum Gasteiger partial charge on any atom is 0.253 e. The summed E-state index contributed by atoms with van der Waals surface area (Å²) in [5, 5.41) is 6.45. The fourth-order valence-corrected chi connectivity index (χ4v) is 2.70. The first-order chi connectivity index (χ1) is 9.20. The number of aryl methyl sites for hydroxylation is 1. The van der Waals surface area contributed by atoms with Crippen molar-refractivity contribution >= 4 is 11.6 Å². The monoisotopic (exact) mass is 260 g/mol. The van der Waals surface area contributed by atoms with E-state index in [1.807, 2.05) is 32.0 Å². The van der Waals surface area contributed by atoms with Crippen LogP contribution in [0.5, 0.6) is 0 Å². The highest BCUT2D eigenvalue weighted by Crippen LogP contribution is 2.21. The van der Waals surface area contributed by atoms with E-state index >= 15 is 0 Å². The molecule has 2 N–H and O–H groups in total. The lowest BCUT2D eigenvalue weighted by atomic mass is 9.95. The molecule has 1 saturated carbocycles. The van der Waals surface area contributed by atoms with Crippen LogP contribution in [-0.4, -0.2) is 18.5 Å². The fourth-order valence-electron chi connectivity index (χ4n) is 2.70. The Bertz CT molecular complexity index is 436. The first kappa shape index (κ1) is 13.9. The van der Waals surface area contributed by atoms with Crippen LogP contribution in [0.2, 0.25) is 0 Å². The van der Waals surface area contributed by atoms with E-state index < -0.39 is 0 Å². The lowest BCUT2D eigenvalue weighted by Gasteiger charge is -2.23. The van der Waals surface area contributed by atoms with Crippen molar-refractivity contribution in [2.45, 2.75) is 52.0 Å². The second-order valence-electron chi connectivity index (χ2n) is 5.39. The SMILES string of the molecule is CCNc1cc(C)ccc1C(=O)NC1CCCCC1. The van der Waals surface area contributed by atoms with Gasteiger partial charge in [0.2, 0.25) is 0 Å². The molecule has 0 radical (unpaired) electrons. The lowest BCUT2D eigenvalue weighted by molar-refractivity contribution is 0.0928. The van der Waals surface area contributed by atoms with Gasteiger partial charge in [-0.15, -0.1) is 0 Å². The summed E-state index contributed by atoms with van der Waals surface area (Å²) in [6.45, 7) is 4.92. The lowest BCUT2D eigenvalue weighted by Crippen LogP contribution is -2.36. The Morgan fingerprint density at radius 1 is 1.26 bits per heavy atom. The van der Waals surface area contributed by atoms with Crippen LogP contribution in [0.25, 0.3) is 0 Å². The van der Waals surface area contributed by atoms with Crippen molar-refractivity contribution in [3.05, 3.63) is 29.3 Å². The Morgan fingerprint density at radius 2 is 2.00 bits per heavy atom. The average molecular weight is 260 g/mol. The summed E-state index contributed by atoms with van der Waals surface area (Å²) in [6, 6.07) is 6.32. The van der Waals surface area contributed by atoms with Gasteiger partial charge in [0.15, 0.2) is 0 Å². The van der Waals surface area contributed by atoms with Crippen LogP contribution in [-0.2, 0) is 0 Å². The number of hydrogen-bond donors (Lipinski definition) is 2. The highest BCUT2D eigenvalue weighted by molar-refractivity contribution is 5.99. The number of nitrogens with one attached hydrogen (secondary N) is 2. The predicted octanol–water partition coefficient (Wildman–Crippen LogP) is 3.49. The molecule has 0 aliphatic heterocycles. The molecule has 19 heavy (non-hydrogen) atoms. The van der Waals surface area contributed by atoms with E-state index in [4.69, 9.17) is 0 Å². The molecule has 1 aromatic carbocycles. The van der Waals surface area contributed by atoms with Gasteiger partial charge >= 0.3 is 0 Å². The van der Waals surface area contributed by atoms with Crippen molar-refractivity contribution in [2.75, 3.05) is 11.9 Å². The molecule has 104 valence electrons. The molecule has 1 amide bonds. The Kier molecular flexibility index (Phi) is 4.83. The molecular weight excluding hydrogens is 236 g/mol. The molecule has 0 unspecified atom stereocenters. The zero-order valence-corrected chi connectivity index (χ0v) is 12.0. The van der Waals surface area contributed by atoms with Crippen molar-refractivity contribution in [1.82, 2.24) is 5.32 Å². The molecule has 0 spiro atoms. The average Bonchev–Trinajstić information content (AvgIpc) is 2.40. The zero-order chi connectivity index (χ0) is 13.7. The number of anilines is 1. The first-order valence-corrected chi connectivity index (χ1v) is 7.36. The van der Waals surface area contributed by atoms with Gasteiger partial charge in [-0.25, -0.2) is 0 Å². The minimum absolute atomic E-state index is 0.0582. The zero-order valence-electron chi connectivity index (χ0n) is 12.0. The second-order valence-corrected chi connectivity index (χ2v) is 5.39. The van der Waals surface area contributed by atoms with Crippen LogP contribution in [0.3, 0.4) is 0 Å². The molecule has 0 saturated heterocycles. The predicted molar refractivity (Wildman–Crippen MR) is 79.7 cm³/mol. The molecule has 2 rings (SSSR count). The molecule has 3 nitrogen and oxygen atoms in total. The van der Waals surface area contributed by atoms with Crippen molar-refractivity contribution < 1.29 is 4.79 Å². The number of rotatable bonds is 4. The summed E-state index contributed by atoms with van der Waals surface area (Å²) in [5.74, 6) is 0.0582. The number of carbonyl (C=O) groups is 1. The van der Waals surface area contributed by atoms with E-state index in [0.29, 0.717) is 6.04 Å². The Balaban J connectivity index is 2.08. The molecule has 0 aromatic heterocycles. The molecule has 0 bridgehead atoms. The molecule has 1 aromatic rings. The van der Waals surface area contributed by atoms with Crippen molar-refractivity contribution in [3.63, 3.8) is 0 Å². The van der Waals surface area contributed by atoms with Gasteiger partial charge in [0.25, 0.3) is 5.91 Å². The molecule has 0 atom stereocenters. The van der Waals surface area contributed by atoms with Crippen LogP contribution >= 0.6 is 0 Å². The fraction of sp³-hybridized carbons (Fsp3) is 0.562. The second kappa shape index (κ2) is 6.60. The van der Waals surface area contributed by atoms with E-state index in [-0.39, 0.29) is 5.91 Å². The minimum atomic E-state index is 0.0582. The van der Waals surface area contributed by atoms with Crippen molar-refractivity contribution in [2.24, 2.45) is 0 Å². The van der Waals surface area contributed by atoms with Crippen LogP contribution in [0, 0.1) is 6.92 Å². The summed E-state index contributed by atoms with van der Waals surface area (Å²) in [7, 11) is 0. The van der Waals surface area contributed by atoms with Crippen molar-refractivity contribution in [1.29, 1.82) is 0 Å². The third kappa shape index (κ3) is 3.72. The van der Waals surface area contributed by atoms with E-state index in [0.717, 1.165) is 30.6 Å². The third-order valence-electron chi connectivity index (χ3n) is 3.73. The summed E-state index contributed by atoms with van der Waals surface area (Å²) in [6.07, 6.45) is 6.01. The van der Waals surface area contributed by atoms with Crippen LogP contribution in [0.4, 0.5) is 5.69 Å². The number of amides is 1. The summed E-state index contributed by atoms with van der Waals surface area (Å²) >= 11 is 0.